The van der Waals surface area contributed by atoms with Crippen LogP contribution in [0.25, 0.3) is 10.9 Å². The van der Waals surface area contributed by atoms with Crippen LogP contribution in [0.15, 0.2) is 57.8 Å². The van der Waals surface area contributed by atoms with Crippen LogP contribution in [0.2, 0.25) is 0 Å². The number of nitrogens with zero attached hydrogens (tertiary/aromatic N) is 3. The van der Waals surface area contributed by atoms with Crippen molar-refractivity contribution < 1.29 is 9.53 Å². The summed E-state index contributed by atoms with van der Waals surface area (Å²) >= 11 is 3.43. The Balaban J connectivity index is 2.12. The van der Waals surface area contributed by atoms with Gasteiger partial charge in [0.25, 0.3) is 11.5 Å². The van der Waals surface area contributed by atoms with E-state index in [0.717, 1.165) is 10.9 Å². The van der Waals surface area contributed by atoms with Gasteiger partial charge in [-0.2, -0.15) is 0 Å². The third-order valence-electron chi connectivity index (χ3n) is 5.50. The van der Waals surface area contributed by atoms with Gasteiger partial charge in [0.15, 0.2) is 0 Å². The number of hydrogen-bond acceptors (Lipinski definition) is 4. The van der Waals surface area contributed by atoms with Crippen LogP contribution in [-0.4, -0.2) is 40.6 Å². The molecule has 32 heavy (non-hydrogen) atoms. The van der Waals surface area contributed by atoms with E-state index in [-0.39, 0.29) is 17.5 Å². The zero-order chi connectivity index (χ0) is 23.1. The molecule has 0 saturated heterocycles. The van der Waals surface area contributed by atoms with Gasteiger partial charge in [0.1, 0.15) is 5.82 Å². The van der Waals surface area contributed by atoms with Gasteiger partial charge < -0.3 is 9.64 Å². The minimum atomic E-state index is -0.327. The number of methoxy groups -OCH3 is 1. The Bertz CT molecular complexity index is 1110. The summed E-state index contributed by atoms with van der Waals surface area (Å²) in [5, 5.41) is 0.602. The number of hydrogen-bond donors (Lipinski definition) is 0. The fraction of sp³-hybridized carbons (Fsp3) is 0.400. The first kappa shape index (κ1) is 24.1. The van der Waals surface area contributed by atoms with Crippen LogP contribution in [0.1, 0.15) is 55.3 Å². The highest BCUT2D eigenvalue weighted by molar-refractivity contribution is 9.10. The summed E-state index contributed by atoms with van der Waals surface area (Å²) in [5.74, 6) is 0.562. The summed E-state index contributed by atoms with van der Waals surface area (Å²) in [6, 6.07) is 14.4. The summed E-state index contributed by atoms with van der Waals surface area (Å²) in [5.41, 5.74) is 1.21. The van der Waals surface area contributed by atoms with E-state index in [4.69, 9.17) is 9.72 Å². The summed E-state index contributed by atoms with van der Waals surface area (Å²) in [4.78, 5) is 33.6. The topological polar surface area (TPSA) is 64.4 Å². The van der Waals surface area contributed by atoms with Gasteiger partial charge in [0, 0.05) is 36.8 Å². The molecule has 0 aliphatic heterocycles. The van der Waals surface area contributed by atoms with E-state index in [9.17, 15) is 9.59 Å². The molecule has 6 nitrogen and oxygen atoms in total. The molecule has 7 heteroatoms. The van der Waals surface area contributed by atoms with Crippen molar-refractivity contribution in [3.63, 3.8) is 0 Å². The molecule has 1 heterocycles. The Morgan fingerprint density at radius 2 is 1.88 bits per heavy atom. The number of rotatable bonds is 10. The standard InChI is InChI=1S/C25H30BrN3O3/c1-4-15-29-23(27-21-10-7-6-9-20(21)25(29)31)22(5-2)28(16-8-17-32-3)24(30)18-11-13-19(26)14-12-18/h6-7,9-14,22H,4-5,8,15-17H2,1-3H3. The van der Waals surface area contributed by atoms with Gasteiger partial charge in [-0.05, 0) is 55.7 Å². The molecule has 1 unspecified atom stereocenters. The van der Waals surface area contributed by atoms with E-state index in [0.29, 0.717) is 54.8 Å². The molecule has 3 rings (SSSR count). The molecule has 2 aromatic carbocycles. The Kier molecular flexibility index (Phi) is 8.59. The molecular weight excluding hydrogens is 470 g/mol. The summed E-state index contributed by atoms with van der Waals surface area (Å²) in [7, 11) is 1.65. The fourth-order valence-electron chi connectivity index (χ4n) is 3.96. The van der Waals surface area contributed by atoms with Crippen LogP contribution in [0.5, 0.6) is 0 Å². The van der Waals surface area contributed by atoms with Crippen LogP contribution >= 0.6 is 15.9 Å². The first-order chi connectivity index (χ1) is 15.5. The lowest BCUT2D eigenvalue weighted by atomic mass is 10.1. The number of halogens is 1. The van der Waals surface area contributed by atoms with Crippen molar-refractivity contribution in [1.29, 1.82) is 0 Å². The molecule has 0 bridgehead atoms. The molecule has 0 N–H and O–H groups in total. The van der Waals surface area contributed by atoms with Crippen molar-refractivity contribution in [3.8, 4) is 0 Å². The Hall–Kier alpha value is -2.51. The number of aromatic nitrogens is 2. The predicted molar refractivity (Wildman–Crippen MR) is 131 cm³/mol. The Morgan fingerprint density at radius 3 is 2.53 bits per heavy atom. The highest BCUT2D eigenvalue weighted by atomic mass is 79.9. The molecule has 0 aliphatic carbocycles. The van der Waals surface area contributed by atoms with E-state index in [1.165, 1.54) is 0 Å². The van der Waals surface area contributed by atoms with Crippen molar-refractivity contribution in [1.82, 2.24) is 14.5 Å². The molecule has 0 radical (unpaired) electrons. The lowest BCUT2D eigenvalue weighted by molar-refractivity contribution is 0.0631. The number of benzene rings is 2. The molecule has 3 aromatic rings. The normalized spacial score (nSPS) is 12.1. The number of para-hydroxylation sites is 1. The first-order valence-electron chi connectivity index (χ1n) is 11.1. The number of fused-ring (bicyclic) bond motifs is 1. The molecule has 0 saturated carbocycles. The van der Waals surface area contributed by atoms with E-state index in [1.54, 1.807) is 11.7 Å². The van der Waals surface area contributed by atoms with Crippen LogP contribution in [0, 0.1) is 0 Å². The van der Waals surface area contributed by atoms with Gasteiger partial charge in [-0.3, -0.25) is 14.2 Å². The first-order valence-corrected chi connectivity index (χ1v) is 11.9. The molecule has 0 spiro atoms. The van der Waals surface area contributed by atoms with Crippen molar-refractivity contribution in [2.75, 3.05) is 20.3 Å². The van der Waals surface area contributed by atoms with E-state index >= 15 is 0 Å². The van der Waals surface area contributed by atoms with Gasteiger partial charge >= 0.3 is 0 Å². The van der Waals surface area contributed by atoms with Gasteiger partial charge in [-0.1, -0.05) is 41.9 Å². The van der Waals surface area contributed by atoms with Gasteiger partial charge in [0.05, 0.1) is 16.9 Å². The van der Waals surface area contributed by atoms with Crippen molar-refractivity contribution in [2.24, 2.45) is 0 Å². The number of ether oxygens (including phenoxy) is 1. The lowest BCUT2D eigenvalue weighted by Gasteiger charge is -2.32. The summed E-state index contributed by atoms with van der Waals surface area (Å²) in [6.45, 7) is 5.68. The molecule has 1 amide bonds. The van der Waals surface area contributed by atoms with Gasteiger partial charge in [-0.25, -0.2) is 4.98 Å². The largest absolute Gasteiger partial charge is 0.385 e. The SMILES string of the molecule is CCCn1c(C(CC)N(CCCOC)C(=O)c2ccc(Br)cc2)nc2ccccc2c1=O. The molecule has 1 aromatic heterocycles. The smallest absolute Gasteiger partial charge is 0.261 e. The van der Waals surface area contributed by atoms with Crippen molar-refractivity contribution in [3.05, 3.63) is 74.7 Å². The lowest BCUT2D eigenvalue weighted by Crippen LogP contribution is -2.39. The highest BCUT2D eigenvalue weighted by Gasteiger charge is 2.29. The van der Waals surface area contributed by atoms with E-state index in [2.05, 4.69) is 15.9 Å². The average molecular weight is 500 g/mol. The van der Waals surface area contributed by atoms with Crippen molar-refractivity contribution in [2.45, 2.75) is 45.7 Å². The summed E-state index contributed by atoms with van der Waals surface area (Å²) in [6.07, 6.45) is 2.14. The molecule has 0 aliphatic rings. The van der Waals surface area contributed by atoms with Gasteiger partial charge in [-0.15, -0.1) is 0 Å². The van der Waals surface area contributed by atoms with Crippen molar-refractivity contribution >= 4 is 32.7 Å². The molecular formula is C25H30BrN3O3. The number of carbonyl (C=O) groups is 1. The quantitative estimate of drug-likeness (QED) is 0.359. The van der Waals surface area contributed by atoms with E-state index < -0.39 is 0 Å². The Morgan fingerprint density at radius 1 is 1.16 bits per heavy atom. The fourth-order valence-corrected chi connectivity index (χ4v) is 4.22. The maximum Gasteiger partial charge on any atom is 0.261 e. The van der Waals surface area contributed by atoms with Crippen LogP contribution in [0.3, 0.4) is 0 Å². The number of amides is 1. The zero-order valence-electron chi connectivity index (χ0n) is 18.9. The molecule has 1 atom stereocenters. The van der Waals surface area contributed by atoms with E-state index in [1.807, 2.05) is 67.3 Å². The van der Waals surface area contributed by atoms with Crippen LogP contribution in [-0.2, 0) is 11.3 Å². The minimum Gasteiger partial charge on any atom is -0.385 e. The number of carbonyl (C=O) groups excluding carboxylic acids is 1. The third-order valence-corrected chi connectivity index (χ3v) is 6.03. The third kappa shape index (κ3) is 5.27. The molecule has 170 valence electrons. The van der Waals surface area contributed by atoms with Crippen LogP contribution < -0.4 is 5.56 Å². The maximum atomic E-state index is 13.6. The second kappa shape index (κ2) is 11.4. The highest BCUT2D eigenvalue weighted by Crippen LogP contribution is 2.26. The van der Waals surface area contributed by atoms with Gasteiger partial charge in [0.2, 0.25) is 0 Å². The molecule has 0 fully saturated rings. The maximum absolute atomic E-state index is 13.6. The minimum absolute atomic E-state index is 0.0566. The Labute approximate surface area is 197 Å². The zero-order valence-corrected chi connectivity index (χ0v) is 20.5. The average Bonchev–Trinajstić information content (AvgIpc) is 2.81. The second-order valence-corrected chi connectivity index (χ2v) is 8.64. The van der Waals surface area contributed by atoms with Crippen LogP contribution in [0.4, 0.5) is 0 Å². The summed E-state index contributed by atoms with van der Waals surface area (Å²) < 4.78 is 7.90. The second-order valence-electron chi connectivity index (χ2n) is 7.72. The predicted octanol–water partition coefficient (Wildman–Crippen LogP) is 5.20. The monoisotopic (exact) mass is 499 g/mol.